The van der Waals surface area contributed by atoms with E-state index in [1.807, 2.05) is 0 Å². The molecule has 0 aliphatic rings. The van der Waals surface area contributed by atoms with Crippen LogP contribution < -0.4 is 5.32 Å². The Kier molecular flexibility index (Phi) is 4.71. The van der Waals surface area contributed by atoms with Crippen molar-refractivity contribution in [1.82, 2.24) is 10.3 Å². The SMILES string of the molecule is O=C(O)C(Cc1ccc(Cl)nc1)NC(=O)C(F)(F)F. The topological polar surface area (TPSA) is 79.3 Å². The summed E-state index contributed by atoms with van der Waals surface area (Å²) in [5.74, 6) is -3.88. The standard InChI is InChI=1S/C10H8ClF3N2O3/c11-7-2-1-5(4-15-7)3-6(8(17)18)16-9(19)10(12,13)14/h1-2,4,6H,3H2,(H,16,19)(H,17,18). The maximum Gasteiger partial charge on any atom is 0.471 e. The molecular weight excluding hydrogens is 289 g/mol. The van der Waals surface area contributed by atoms with E-state index in [0.29, 0.717) is 5.56 Å². The van der Waals surface area contributed by atoms with Crippen LogP contribution in [-0.4, -0.2) is 34.2 Å². The minimum absolute atomic E-state index is 0.162. The molecule has 1 aromatic rings. The Morgan fingerprint density at radius 1 is 1.42 bits per heavy atom. The molecule has 5 nitrogen and oxygen atoms in total. The molecule has 0 bridgehead atoms. The van der Waals surface area contributed by atoms with Crippen molar-refractivity contribution < 1.29 is 27.9 Å². The minimum atomic E-state index is -5.13. The van der Waals surface area contributed by atoms with Gasteiger partial charge in [0.25, 0.3) is 0 Å². The molecule has 1 amide bonds. The van der Waals surface area contributed by atoms with Gasteiger partial charge >= 0.3 is 18.1 Å². The van der Waals surface area contributed by atoms with E-state index in [4.69, 9.17) is 16.7 Å². The summed E-state index contributed by atoms with van der Waals surface area (Å²) in [5, 5.41) is 10.3. The maximum atomic E-state index is 12.0. The largest absolute Gasteiger partial charge is 0.480 e. The van der Waals surface area contributed by atoms with Crippen molar-refractivity contribution in [3.63, 3.8) is 0 Å². The average molecular weight is 297 g/mol. The molecule has 1 aromatic heterocycles. The summed E-state index contributed by atoms with van der Waals surface area (Å²) in [7, 11) is 0. The second kappa shape index (κ2) is 5.87. The van der Waals surface area contributed by atoms with Crippen LogP contribution in [0.5, 0.6) is 0 Å². The fourth-order valence-corrected chi connectivity index (χ4v) is 1.31. The zero-order valence-corrected chi connectivity index (χ0v) is 10.00. The third-order valence-electron chi connectivity index (χ3n) is 2.09. The van der Waals surface area contributed by atoms with Crippen molar-refractivity contribution in [2.45, 2.75) is 18.6 Å². The van der Waals surface area contributed by atoms with E-state index in [1.165, 1.54) is 23.6 Å². The number of nitrogens with one attached hydrogen (secondary N) is 1. The number of aliphatic carboxylic acids is 1. The zero-order chi connectivity index (χ0) is 14.6. The van der Waals surface area contributed by atoms with E-state index in [0.717, 1.165) is 0 Å². The number of alkyl halides is 3. The normalized spacial score (nSPS) is 12.8. The predicted molar refractivity (Wildman–Crippen MR) is 58.6 cm³/mol. The van der Waals surface area contributed by atoms with Gasteiger partial charge in [0.05, 0.1) is 0 Å². The first-order valence-corrected chi connectivity index (χ1v) is 5.29. The Labute approximate surface area is 110 Å². The fourth-order valence-electron chi connectivity index (χ4n) is 1.20. The molecule has 19 heavy (non-hydrogen) atoms. The number of amides is 1. The van der Waals surface area contributed by atoms with Crippen molar-refractivity contribution in [1.29, 1.82) is 0 Å². The molecule has 0 aromatic carbocycles. The summed E-state index contributed by atoms with van der Waals surface area (Å²) in [6, 6.07) is 1.07. The molecule has 0 fully saturated rings. The summed E-state index contributed by atoms with van der Waals surface area (Å²) in [4.78, 5) is 25.1. The van der Waals surface area contributed by atoms with Gasteiger partial charge in [-0.05, 0) is 11.6 Å². The number of hydrogen-bond donors (Lipinski definition) is 2. The summed E-state index contributed by atoms with van der Waals surface area (Å²) in [6.45, 7) is 0. The smallest absolute Gasteiger partial charge is 0.471 e. The van der Waals surface area contributed by atoms with Crippen LogP contribution in [0.2, 0.25) is 5.15 Å². The minimum Gasteiger partial charge on any atom is -0.480 e. The molecule has 0 aliphatic heterocycles. The van der Waals surface area contributed by atoms with Crippen LogP contribution in [0, 0.1) is 0 Å². The van der Waals surface area contributed by atoms with Crippen molar-refractivity contribution in [2.75, 3.05) is 0 Å². The van der Waals surface area contributed by atoms with Gasteiger partial charge in [0.1, 0.15) is 11.2 Å². The molecule has 104 valence electrons. The van der Waals surface area contributed by atoms with Gasteiger partial charge in [0.2, 0.25) is 0 Å². The van der Waals surface area contributed by atoms with E-state index in [9.17, 15) is 22.8 Å². The molecule has 1 unspecified atom stereocenters. The highest BCUT2D eigenvalue weighted by atomic mass is 35.5. The number of pyridine rings is 1. The molecule has 2 N–H and O–H groups in total. The lowest BCUT2D eigenvalue weighted by Crippen LogP contribution is -2.47. The Balaban J connectivity index is 2.77. The molecule has 0 saturated carbocycles. The molecule has 1 atom stereocenters. The van der Waals surface area contributed by atoms with Crippen LogP contribution in [0.4, 0.5) is 13.2 Å². The van der Waals surface area contributed by atoms with Crippen LogP contribution in [0.1, 0.15) is 5.56 Å². The number of hydrogen-bond acceptors (Lipinski definition) is 3. The molecule has 0 saturated heterocycles. The van der Waals surface area contributed by atoms with Crippen molar-refractivity contribution in [3.05, 3.63) is 29.0 Å². The van der Waals surface area contributed by atoms with Crippen LogP contribution in [0.25, 0.3) is 0 Å². The summed E-state index contributed by atoms with van der Waals surface area (Å²) in [5.41, 5.74) is 0.333. The summed E-state index contributed by atoms with van der Waals surface area (Å²) in [6.07, 6.45) is -4.24. The first-order valence-electron chi connectivity index (χ1n) is 4.91. The van der Waals surface area contributed by atoms with E-state index in [-0.39, 0.29) is 11.6 Å². The maximum absolute atomic E-state index is 12.0. The Hall–Kier alpha value is -1.83. The number of carbonyl (C=O) groups is 2. The van der Waals surface area contributed by atoms with Gasteiger partial charge in [-0.15, -0.1) is 0 Å². The lowest BCUT2D eigenvalue weighted by molar-refractivity contribution is -0.175. The number of carbonyl (C=O) groups excluding carboxylic acids is 1. The predicted octanol–water partition coefficient (Wildman–Crippen LogP) is 1.41. The zero-order valence-electron chi connectivity index (χ0n) is 9.24. The first-order chi connectivity index (χ1) is 8.70. The Bertz CT molecular complexity index is 476. The summed E-state index contributed by atoms with van der Waals surface area (Å²) < 4.78 is 36.1. The molecule has 0 spiro atoms. The fraction of sp³-hybridized carbons (Fsp3) is 0.300. The van der Waals surface area contributed by atoms with E-state index in [1.54, 1.807) is 0 Å². The lowest BCUT2D eigenvalue weighted by atomic mass is 10.1. The average Bonchev–Trinajstić information content (AvgIpc) is 2.29. The quantitative estimate of drug-likeness (QED) is 0.823. The molecular formula is C10H8ClF3N2O3. The van der Waals surface area contributed by atoms with Crippen LogP contribution in [0.3, 0.4) is 0 Å². The third-order valence-corrected chi connectivity index (χ3v) is 2.31. The number of halogens is 4. The Morgan fingerprint density at radius 3 is 2.47 bits per heavy atom. The molecule has 0 radical (unpaired) electrons. The second-order valence-corrected chi connectivity index (χ2v) is 3.94. The van der Waals surface area contributed by atoms with Crippen molar-refractivity contribution in [2.24, 2.45) is 0 Å². The van der Waals surface area contributed by atoms with Crippen molar-refractivity contribution in [3.8, 4) is 0 Å². The molecule has 1 heterocycles. The highest BCUT2D eigenvalue weighted by Gasteiger charge is 2.40. The third kappa shape index (κ3) is 4.74. The molecule has 0 aliphatic carbocycles. The lowest BCUT2D eigenvalue weighted by Gasteiger charge is -2.15. The van der Waals surface area contributed by atoms with Crippen molar-refractivity contribution >= 4 is 23.5 Å². The van der Waals surface area contributed by atoms with Gasteiger partial charge in [-0.2, -0.15) is 13.2 Å². The molecule has 9 heteroatoms. The van der Waals surface area contributed by atoms with Gasteiger partial charge in [-0.3, -0.25) is 4.79 Å². The van der Waals surface area contributed by atoms with E-state index >= 15 is 0 Å². The highest BCUT2D eigenvalue weighted by Crippen LogP contribution is 2.15. The number of rotatable bonds is 4. The van der Waals surface area contributed by atoms with E-state index in [2.05, 4.69) is 4.98 Å². The first kappa shape index (κ1) is 15.2. The molecule has 1 rings (SSSR count). The highest BCUT2D eigenvalue weighted by molar-refractivity contribution is 6.29. The van der Waals surface area contributed by atoms with Gasteiger partial charge in [0.15, 0.2) is 0 Å². The van der Waals surface area contributed by atoms with Crippen LogP contribution in [0.15, 0.2) is 18.3 Å². The van der Waals surface area contributed by atoms with Crippen LogP contribution in [-0.2, 0) is 16.0 Å². The summed E-state index contributed by atoms with van der Waals surface area (Å²) >= 11 is 5.51. The van der Waals surface area contributed by atoms with Gasteiger partial charge < -0.3 is 10.4 Å². The van der Waals surface area contributed by atoms with Gasteiger partial charge in [-0.25, -0.2) is 9.78 Å². The number of aromatic nitrogens is 1. The second-order valence-electron chi connectivity index (χ2n) is 3.56. The van der Waals surface area contributed by atoms with Gasteiger partial charge in [0, 0.05) is 12.6 Å². The van der Waals surface area contributed by atoms with Gasteiger partial charge in [-0.1, -0.05) is 17.7 Å². The van der Waals surface area contributed by atoms with Crippen LogP contribution >= 0.6 is 11.6 Å². The monoisotopic (exact) mass is 296 g/mol. The number of nitrogens with zero attached hydrogens (tertiary/aromatic N) is 1. The number of carboxylic acids is 1. The number of carboxylic acid groups (broad SMARTS) is 1. The Morgan fingerprint density at radius 2 is 2.05 bits per heavy atom. The van der Waals surface area contributed by atoms with E-state index < -0.39 is 24.1 Å².